The highest BCUT2D eigenvalue weighted by atomic mass is 16.6. The number of carbonyl (C=O) groups is 1. The molecule has 34 heavy (non-hydrogen) atoms. The number of nitrogens with zero attached hydrogens (tertiary/aromatic N) is 4. The Bertz CT molecular complexity index is 1070. The summed E-state index contributed by atoms with van der Waals surface area (Å²) in [5.74, 6) is 0.425. The first-order valence-electron chi connectivity index (χ1n) is 11.3. The van der Waals surface area contributed by atoms with E-state index in [1.807, 2.05) is 0 Å². The van der Waals surface area contributed by atoms with Gasteiger partial charge in [0.2, 0.25) is 11.6 Å². The van der Waals surface area contributed by atoms with Crippen LogP contribution in [0.1, 0.15) is 37.2 Å². The molecule has 0 fully saturated rings. The maximum absolute atomic E-state index is 12.0. The Labute approximate surface area is 198 Å². The number of hydrogen-bond donors (Lipinski definition) is 1. The number of carbonyl (C=O) groups excluding carboxylic acids is 1. The lowest BCUT2D eigenvalue weighted by molar-refractivity contribution is -0.383. The molecule has 3 rings (SSSR count). The first-order chi connectivity index (χ1) is 16.5. The lowest BCUT2D eigenvalue weighted by atomic mass is 10.1. The molecule has 10 heteroatoms. The average Bonchev–Trinajstić information content (AvgIpc) is 3.35. The van der Waals surface area contributed by atoms with Crippen molar-refractivity contribution in [2.75, 3.05) is 29.9 Å². The van der Waals surface area contributed by atoms with E-state index >= 15 is 0 Å². The summed E-state index contributed by atoms with van der Waals surface area (Å²) in [4.78, 5) is 33.4. The van der Waals surface area contributed by atoms with E-state index in [-0.39, 0.29) is 43.4 Å². The van der Waals surface area contributed by atoms with E-state index in [2.05, 4.69) is 46.5 Å². The number of nitrogens with one attached hydrogen (secondary N) is 1. The molecule has 0 saturated heterocycles. The molecule has 0 bridgehead atoms. The Morgan fingerprint density at radius 2 is 1.94 bits per heavy atom. The van der Waals surface area contributed by atoms with E-state index in [0.717, 1.165) is 12.0 Å². The highest BCUT2D eigenvalue weighted by Crippen LogP contribution is 2.33. The molecule has 0 aliphatic heterocycles. The van der Waals surface area contributed by atoms with E-state index in [4.69, 9.17) is 9.15 Å². The van der Waals surface area contributed by atoms with Crippen molar-refractivity contribution in [3.05, 3.63) is 76.0 Å². The molecule has 0 unspecified atom stereocenters. The second-order valence-corrected chi connectivity index (χ2v) is 7.55. The molecule has 1 N–H and O–H groups in total. The monoisotopic (exact) mass is 467 g/mol. The number of esters is 1. The molecule has 0 aliphatic carbocycles. The van der Waals surface area contributed by atoms with Gasteiger partial charge in [-0.15, -0.1) is 0 Å². The third kappa shape index (κ3) is 6.77. The summed E-state index contributed by atoms with van der Waals surface area (Å²) in [6, 6.07) is 11.8. The quantitative estimate of drug-likeness (QED) is 0.224. The zero-order valence-corrected chi connectivity index (χ0v) is 19.4. The van der Waals surface area contributed by atoms with Gasteiger partial charge in [-0.3, -0.25) is 14.9 Å². The largest absolute Gasteiger partial charge is 0.467 e. The number of aromatic nitrogens is 2. The second kappa shape index (κ2) is 12.3. The molecular formula is C24H29N5O5. The molecule has 2 heterocycles. The second-order valence-electron chi connectivity index (χ2n) is 7.55. The molecule has 10 nitrogen and oxygen atoms in total. The van der Waals surface area contributed by atoms with Crippen molar-refractivity contribution in [1.29, 1.82) is 0 Å². The molecule has 0 atom stereocenters. The van der Waals surface area contributed by atoms with E-state index in [0.29, 0.717) is 18.7 Å². The van der Waals surface area contributed by atoms with E-state index in [9.17, 15) is 14.9 Å². The fourth-order valence-electron chi connectivity index (χ4n) is 3.48. The van der Waals surface area contributed by atoms with Crippen molar-refractivity contribution < 1.29 is 18.9 Å². The minimum Gasteiger partial charge on any atom is -0.467 e. The minimum absolute atomic E-state index is 0.0478. The third-order valence-corrected chi connectivity index (χ3v) is 5.24. The van der Waals surface area contributed by atoms with Crippen LogP contribution in [0.15, 0.2) is 53.4 Å². The van der Waals surface area contributed by atoms with Crippen LogP contribution >= 0.6 is 0 Å². The van der Waals surface area contributed by atoms with Crippen LogP contribution in [0.3, 0.4) is 0 Å². The lowest BCUT2D eigenvalue weighted by Crippen LogP contribution is -2.28. The van der Waals surface area contributed by atoms with Gasteiger partial charge in [-0.25, -0.2) is 9.97 Å². The highest BCUT2D eigenvalue weighted by Gasteiger charge is 2.28. The SMILES string of the molecule is CCOC(=O)CCN(Cc1ccco1)c1ncnc(NCCc2ccc(CC)cc2)c1[N+](=O)[O-]. The summed E-state index contributed by atoms with van der Waals surface area (Å²) in [5.41, 5.74) is 2.13. The van der Waals surface area contributed by atoms with Crippen molar-refractivity contribution in [3.63, 3.8) is 0 Å². The van der Waals surface area contributed by atoms with Crippen molar-refractivity contribution in [3.8, 4) is 0 Å². The molecule has 0 spiro atoms. The van der Waals surface area contributed by atoms with Crippen LogP contribution in [0, 0.1) is 10.1 Å². The molecule has 0 saturated carbocycles. The van der Waals surface area contributed by atoms with Gasteiger partial charge in [0.15, 0.2) is 0 Å². The van der Waals surface area contributed by atoms with E-state index < -0.39 is 10.9 Å². The van der Waals surface area contributed by atoms with Gasteiger partial charge in [-0.1, -0.05) is 31.2 Å². The molecular weight excluding hydrogens is 438 g/mol. The first kappa shape index (κ1) is 24.7. The molecule has 180 valence electrons. The maximum Gasteiger partial charge on any atom is 0.353 e. The molecule has 0 amide bonds. The van der Waals surface area contributed by atoms with Gasteiger partial charge in [0, 0.05) is 13.1 Å². The topological polar surface area (TPSA) is 124 Å². The number of benzene rings is 1. The molecule has 1 aromatic carbocycles. The summed E-state index contributed by atoms with van der Waals surface area (Å²) in [6.45, 7) is 4.92. The third-order valence-electron chi connectivity index (χ3n) is 5.24. The Kier molecular flexibility index (Phi) is 8.96. The zero-order chi connectivity index (χ0) is 24.3. The van der Waals surface area contributed by atoms with Gasteiger partial charge in [0.1, 0.15) is 12.1 Å². The summed E-state index contributed by atoms with van der Waals surface area (Å²) in [6.07, 6.45) is 4.50. The molecule has 0 radical (unpaired) electrons. The summed E-state index contributed by atoms with van der Waals surface area (Å²) in [5, 5.41) is 15.1. The van der Waals surface area contributed by atoms with Crippen molar-refractivity contribution in [2.45, 2.75) is 39.7 Å². The Balaban J connectivity index is 1.80. The normalized spacial score (nSPS) is 10.6. The number of rotatable bonds is 13. The fourth-order valence-corrected chi connectivity index (χ4v) is 3.48. The van der Waals surface area contributed by atoms with Crippen molar-refractivity contribution in [2.24, 2.45) is 0 Å². The zero-order valence-electron chi connectivity index (χ0n) is 19.4. The van der Waals surface area contributed by atoms with Crippen LogP contribution in [0.2, 0.25) is 0 Å². The average molecular weight is 468 g/mol. The number of anilines is 2. The van der Waals surface area contributed by atoms with Gasteiger partial charge in [0.25, 0.3) is 0 Å². The van der Waals surface area contributed by atoms with Gasteiger partial charge >= 0.3 is 11.7 Å². The summed E-state index contributed by atoms with van der Waals surface area (Å²) >= 11 is 0. The van der Waals surface area contributed by atoms with Crippen LogP contribution in [0.4, 0.5) is 17.3 Å². The standard InChI is InChI=1S/C24H29N5O5/c1-3-18-7-9-19(10-8-18)11-13-25-23-22(29(31)32)24(27-17-26-23)28(14-12-21(30)33-4-2)16-20-6-5-15-34-20/h5-10,15,17H,3-4,11-14,16H2,1-2H3,(H,25,26,27). The van der Waals surface area contributed by atoms with Crippen LogP contribution in [-0.4, -0.2) is 40.6 Å². The van der Waals surface area contributed by atoms with Crippen molar-refractivity contribution >= 4 is 23.3 Å². The Hall–Kier alpha value is -3.95. The number of hydrogen-bond acceptors (Lipinski definition) is 9. The van der Waals surface area contributed by atoms with Gasteiger partial charge in [-0.2, -0.15) is 0 Å². The van der Waals surface area contributed by atoms with Crippen LogP contribution in [0.25, 0.3) is 0 Å². The Morgan fingerprint density at radius 3 is 2.59 bits per heavy atom. The number of furan rings is 1. The molecule has 2 aromatic heterocycles. The fraction of sp³-hybridized carbons (Fsp3) is 0.375. The van der Waals surface area contributed by atoms with E-state index in [1.165, 1.54) is 18.2 Å². The molecule has 3 aromatic rings. The smallest absolute Gasteiger partial charge is 0.353 e. The number of nitro groups is 1. The minimum atomic E-state index is -0.507. The van der Waals surface area contributed by atoms with Crippen LogP contribution < -0.4 is 10.2 Å². The van der Waals surface area contributed by atoms with Crippen molar-refractivity contribution in [1.82, 2.24) is 9.97 Å². The first-order valence-corrected chi connectivity index (χ1v) is 11.3. The predicted octanol–water partition coefficient (Wildman–Crippen LogP) is 4.15. The van der Waals surface area contributed by atoms with Crippen LogP contribution in [0.5, 0.6) is 0 Å². The summed E-state index contributed by atoms with van der Waals surface area (Å²) < 4.78 is 10.4. The van der Waals surface area contributed by atoms with Gasteiger partial charge in [0.05, 0.1) is 30.8 Å². The van der Waals surface area contributed by atoms with Gasteiger partial charge in [-0.05, 0) is 43.0 Å². The maximum atomic E-state index is 12.0. The summed E-state index contributed by atoms with van der Waals surface area (Å²) in [7, 11) is 0. The van der Waals surface area contributed by atoms with Gasteiger partial charge < -0.3 is 19.4 Å². The molecule has 0 aliphatic rings. The van der Waals surface area contributed by atoms with E-state index in [1.54, 1.807) is 24.0 Å². The highest BCUT2D eigenvalue weighted by molar-refractivity contribution is 5.73. The number of ether oxygens (including phenoxy) is 1. The lowest BCUT2D eigenvalue weighted by Gasteiger charge is -2.22. The predicted molar refractivity (Wildman–Crippen MR) is 128 cm³/mol. The number of aryl methyl sites for hydroxylation is 1. The van der Waals surface area contributed by atoms with Crippen LogP contribution in [-0.2, 0) is 28.9 Å². The Morgan fingerprint density at radius 1 is 1.18 bits per heavy atom.